The lowest BCUT2D eigenvalue weighted by Crippen LogP contribution is -2.18. The molecule has 2 aromatic carbocycles. The predicted octanol–water partition coefficient (Wildman–Crippen LogP) is 2.95. The number of carbonyl (C=O) groups excluding carboxylic acids is 2. The van der Waals surface area contributed by atoms with Gasteiger partial charge < -0.3 is 14.8 Å². The summed E-state index contributed by atoms with van der Waals surface area (Å²) in [5, 5.41) is 2.54. The summed E-state index contributed by atoms with van der Waals surface area (Å²) in [6.45, 7) is 4.09. The zero-order valence-corrected chi connectivity index (χ0v) is 12.7. The second-order valence-corrected chi connectivity index (χ2v) is 5.04. The molecular formula is C18H14FNO4. The molecule has 0 aliphatic carbocycles. The maximum atomic E-state index is 13.9. The lowest BCUT2D eigenvalue weighted by Gasteiger charge is -2.21. The normalized spacial score (nSPS) is 12.4. The molecule has 122 valence electrons. The van der Waals surface area contributed by atoms with Crippen molar-refractivity contribution >= 4 is 17.4 Å². The van der Waals surface area contributed by atoms with E-state index in [-0.39, 0.29) is 16.8 Å². The third-order valence-electron chi connectivity index (χ3n) is 3.49. The van der Waals surface area contributed by atoms with Crippen LogP contribution in [0.25, 0.3) is 0 Å². The predicted molar refractivity (Wildman–Crippen MR) is 86.1 cm³/mol. The van der Waals surface area contributed by atoms with Gasteiger partial charge in [-0.15, -0.1) is 0 Å². The molecule has 24 heavy (non-hydrogen) atoms. The molecule has 0 saturated heterocycles. The molecule has 0 aromatic heterocycles. The fourth-order valence-corrected chi connectivity index (χ4v) is 2.35. The second kappa shape index (κ2) is 6.54. The van der Waals surface area contributed by atoms with Crippen LogP contribution in [0.3, 0.4) is 0 Å². The first kappa shape index (κ1) is 15.7. The molecule has 0 fully saturated rings. The van der Waals surface area contributed by atoms with E-state index in [1.54, 1.807) is 6.07 Å². The van der Waals surface area contributed by atoms with Crippen molar-refractivity contribution in [1.82, 2.24) is 0 Å². The van der Waals surface area contributed by atoms with Crippen molar-refractivity contribution in [3.05, 3.63) is 66.0 Å². The summed E-state index contributed by atoms with van der Waals surface area (Å²) in [5.74, 6) is -0.916. The van der Waals surface area contributed by atoms with Crippen LogP contribution in [0.1, 0.15) is 15.9 Å². The quantitative estimate of drug-likeness (QED) is 0.693. The number of fused-ring (bicyclic) bond motifs is 1. The molecular weight excluding hydrogens is 313 g/mol. The van der Waals surface area contributed by atoms with Gasteiger partial charge in [-0.25, -0.2) is 4.39 Å². The van der Waals surface area contributed by atoms with Crippen LogP contribution in [0.5, 0.6) is 11.5 Å². The molecule has 0 bridgehead atoms. The van der Waals surface area contributed by atoms with Gasteiger partial charge in [-0.2, -0.15) is 0 Å². The number of carbonyl (C=O) groups is 2. The molecule has 1 heterocycles. The van der Waals surface area contributed by atoms with Gasteiger partial charge in [0.1, 0.15) is 19.0 Å². The zero-order valence-electron chi connectivity index (χ0n) is 12.7. The van der Waals surface area contributed by atoms with Crippen molar-refractivity contribution in [3.63, 3.8) is 0 Å². The van der Waals surface area contributed by atoms with E-state index in [1.165, 1.54) is 30.3 Å². The van der Waals surface area contributed by atoms with Gasteiger partial charge in [0, 0.05) is 6.07 Å². The molecule has 0 radical (unpaired) electrons. The Morgan fingerprint density at radius 1 is 1.08 bits per heavy atom. The zero-order chi connectivity index (χ0) is 17.1. The second-order valence-electron chi connectivity index (χ2n) is 5.04. The molecule has 1 N–H and O–H groups in total. The third kappa shape index (κ3) is 2.99. The lowest BCUT2D eigenvalue weighted by atomic mass is 10.00. The summed E-state index contributed by atoms with van der Waals surface area (Å²) in [6.07, 6.45) is 1.08. The first-order chi connectivity index (χ1) is 11.6. The minimum Gasteiger partial charge on any atom is -0.486 e. The summed E-state index contributed by atoms with van der Waals surface area (Å²) in [5.41, 5.74) is 0.222. The van der Waals surface area contributed by atoms with Crippen LogP contribution in [0.2, 0.25) is 0 Å². The molecule has 6 heteroatoms. The SMILES string of the molecule is C=CC(=O)Nc1cc2c(cc1C(=O)c1ccccc1F)OCCO2. The Morgan fingerprint density at radius 3 is 2.42 bits per heavy atom. The monoisotopic (exact) mass is 327 g/mol. The highest BCUT2D eigenvalue weighted by Crippen LogP contribution is 2.36. The van der Waals surface area contributed by atoms with Crippen molar-refractivity contribution in [2.75, 3.05) is 18.5 Å². The van der Waals surface area contributed by atoms with E-state index in [0.717, 1.165) is 6.08 Å². The van der Waals surface area contributed by atoms with E-state index in [0.29, 0.717) is 24.7 Å². The van der Waals surface area contributed by atoms with Crippen LogP contribution < -0.4 is 14.8 Å². The van der Waals surface area contributed by atoms with Crippen LogP contribution in [-0.4, -0.2) is 24.9 Å². The highest BCUT2D eigenvalue weighted by atomic mass is 19.1. The third-order valence-corrected chi connectivity index (χ3v) is 3.49. The maximum absolute atomic E-state index is 13.9. The molecule has 5 nitrogen and oxygen atoms in total. The van der Waals surface area contributed by atoms with Crippen molar-refractivity contribution in [1.29, 1.82) is 0 Å². The van der Waals surface area contributed by atoms with Crippen LogP contribution in [0.4, 0.5) is 10.1 Å². The van der Waals surface area contributed by atoms with Gasteiger partial charge in [0.2, 0.25) is 5.91 Å². The standard InChI is InChI=1S/C18H14FNO4/c1-2-17(21)20-14-10-16-15(23-7-8-24-16)9-12(14)18(22)11-5-3-4-6-13(11)19/h2-6,9-10H,1,7-8H2,(H,20,21). The number of rotatable bonds is 4. The Kier molecular flexibility index (Phi) is 4.29. The molecule has 0 unspecified atom stereocenters. The van der Waals surface area contributed by atoms with Crippen molar-refractivity contribution in [2.24, 2.45) is 0 Å². The minimum absolute atomic E-state index is 0.0942. The number of benzene rings is 2. The first-order valence-electron chi connectivity index (χ1n) is 7.26. The van der Waals surface area contributed by atoms with E-state index in [1.807, 2.05) is 0 Å². The molecule has 2 aromatic rings. The van der Waals surface area contributed by atoms with Crippen LogP contribution in [0.15, 0.2) is 49.1 Å². The van der Waals surface area contributed by atoms with Gasteiger partial charge in [-0.1, -0.05) is 18.7 Å². The topological polar surface area (TPSA) is 64.6 Å². The molecule has 1 aliphatic heterocycles. The summed E-state index contributed by atoms with van der Waals surface area (Å²) in [7, 11) is 0. The average Bonchev–Trinajstić information content (AvgIpc) is 2.61. The van der Waals surface area contributed by atoms with Gasteiger partial charge in [-0.05, 0) is 24.3 Å². The summed E-state index contributed by atoms with van der Waals surface area (Å²) >= 11 is 0. The van der Waals surface area contributed by atoms with Gasteiger partial charge in [0.05, 0.1) is 16.8 Å². The molecule has 1 amide bonds. The Morgan fingerprint density at radius 2 is 1.75 bits per heavy atom. The van der Waals surface area contributed by atoms with E-state index in [2.05, 4.69) is 11.9 Å². The number of amides is 1. The molecule has 0 atom stereocenters. The van der Waals surface area contributed by atoms with E-state index >= 15 is 0 Å². The summed E-state index contributed by atoms with van der Waals surface area (Å²) in [4.78, 5) is 24.4. The number of nitrogens with one attached hydrogen (secondary N) is 1. The van der Waals surface area contributed by atoms with Gasteiger partial charge in [0.25, 0.3) is 0 Å². The number of ketones is 1. The molecule has 0 spiro atoms. The lowest BCUT2D eigenvalue weighted by molar-refractivity contribution is -0.111. The fraction of sp³-hybridized carbons (Fsp3) is 0.111. The molecule has 3 rings (SSSR count). The fourth-order valence-electron chi connectivity index (χ4n) is 2.35. The van der Waals surface area contributed by atoms with Crippen molar-refractivity contribution in [2.45, 2.75) is 0 Å². The number of hydrogen-bond acceptors (Lipinski definition) is 4. The minimum atomic E-state index is -0.640. The highest BCUT2D eigenvalue weighted by Gasteiger charge is 2.23. The van der Waals surface area contributed by atoms with E-state index in [9.17, 15) is 14.0 Å². The number of halogens is 1. The van der Waals surface area contributed by atoms with Crippen molar-refractivity contribution < 1.29 is 23.5 Å². The largest absolute Gasteiger partial charge is 0.486 e. The van der Waals surface area contributed by atoms with Crippen molar-refractivity contribution in [3.8, 4) is 11.5 Å². The number of hydrogen-bond donors (Lipinski definition) is 1. The van der Waals surface area contributed by atoms with Crippen LogP contribution >= 0.6 is 0 Å². The number of anilines is 1. The number of ether oxygens (including phenoxy) is 2. The summed E-state index contributed by atoms with van der Waals surface area (Å²) < 4.78 is 24.9. The summed E-state index contributed by atoms with van der Waals surface area (Å²) in [6, 6.07) is 8.58. The van der Waals surface area contributed by atoms with Gasteiger partial charge in [0.15, 0.2) is 17.3 Å². The van der Waals surface area contributed by atoms with Crippen LogP contribution in [0, 0.1) is 5.82 Å². The van der Waals surface area contributed by atoms with E-state index < -0.39 is 17.5 Å². The smallest absolute Gasteiger partial charge is 0.247 e. The Bertz CT molecular complexity index is 832. The Balaban J connectivity index is 2.10. The Hall–Kier alpha value is -3.15. The average molecular weight is 327 g/mol. The molecule has 0 saturated carbocycles. The Labute approximate surface area is 137 Å². The van der Waals surface area contributed by atoms with Gasteiger partial charge >= 0.3 is 0 Å². The molecule has 1 aliphatic rings. The van der Waals surface area contributed by atoms with E-state index in [4.69, 9.17) is 9.47 Å². The first-order valence-corrected chi connectivity index (χ1v) is 7.26. The maximum Gasteiger partial charge on any atom is 0.247 e. The van der Waals surface area contributed by atoms with Crippen LogP contribution in [-0.2, 0) is 4.79 Å². The highest BCUT2D eigenvalue weighted by molar-refractivity contribution is 6.15. The van der Waals surface area contributed by atoms with Gasteiger partial charge in [-0.3, -0.25) is 9.59 Å².